The van der Waals surface area contributed by atoms with E-state index in [9.17, 15) is 9.59 Å². The van der Waals surface area contributed by atoms with E-state index in [1.807, 2.05) is 6.92 Å². The van der Waals surface area contributed by atoms with Crippen LogP contribution in [-0.2, 0) is 14.3 Å². The van der Waals surface area contributed by atoms with E-state index >= 15 is 0 Å². The van der Waals surface area contributed by atoms with Crippen molar-refractivity contribution in [1.82, 2.24) is 0 Å². The van der Waals surface area contributed by atoms with E-state index in [0.29, 0.717) is 48.1 Å². The number of benzene rings is 1. The van der Waals surface area contributed by atoms with Crippen LogP contribution in [0.2, 0.25) is 0 Å². The van der Waals surface area contributed by atoms with E-state index in [-0.39, 0.29) is 5.92 Å². The minimum atomic E-state index is 0.232. The van der Waals surface area contributed by atoms with E-state index in [0.717, 1.165) is 64.6 Å². The Kier molecular flexibility index (Phi) is 12.9. The summed E-state index contributed by atoms with van der Waals surface area (Å²) in [6.07, 6.45) is 15.8. The zero-order chi connectivity index (χ0) is 26.6. The van der Waals surface area contributed by atoms with Gasteiger partial charge in [-0.25, -0.2) is 0 Å². The molecule has 3 rings (SSSR count). The number of aryl methyl sites for hydroxylation is 2. The normalized spacial score (nSPS) is 23.9. The van der Waals surface area contributed by atoms with Gasteiger partial charge >= 0.3 is 0 Å². The number of Topliss-reactive ketones (excluding diaryl/α,β-unsaturated/α-hetero) is 2. The predicted molar refractivity (Wildman–Crippen MR) is 154 cm³/mol. The van der Waals surface area contributed by atoms with Gasteiger partial charge in [0.15, 0.2) is 0 Å². The first kappa shape index (κ1) is 30.1. The zero-order valence-electron chi connectivity index (χ0n) is 24.4. The number of unbranched alkanes of at least 4 members (excludes halogenated alkanes) is 1. The summed E-state index contributed by atoms with van der Waals surface area (Å²) in [7, 11) is 0. The summed E-state index contributed by atoms with van der Waals surface area (Å²) in [6, 6.07) is 7.02. The van der Waals surface area contributed by atoms with Crippen molar-refractivity contribution in [2.45, 2.75) is 130 Å². The third-order valence-electron chi connectivity index (χ3n) is 9.13. The quantitative estimate of drug-likeness (QED) is 0.221. The molecular weight excluding hydrogens is 456 g/mol. The molecule has 0 aromatic heterocycles. The summed E-state index contributed by atoms with van der Waals surface area (Å²) in [6.45, 7) is 10.4. The molecule has 37 heavy (non-hydrogen) atoms. The Labute approximate surface area is 227 Å². The van der Waals surface area contributed by atoms with Gasteiger partial charge in [-0.15, -0.1) is 0 Å². The lowest BCUT2D eigenvalue weighted by Crippen LogP contribution is -2.29. The first-order valence-electron chi connectivity index (χ1n) is 15.6. The highest BCUT2D eigenvalue weighted by Gasteiger charge is 2.33. The van der Waals surface area contributed by atoms with Crippen molar-refractivity contribution < 1.29 is 14.3 Å². The highest BCUT2D eigenvalue weighted by molar-refractivity contribution is 5.81. The lowest BCUT2D eigenvalue weighted by Gasteiger charge is -2.35. The van der Waals surface area contributed by atoms with Crippen LogP contribution in [0.15, 0.2) is 18.2 Å². The van der Waals surface area contributed by atoms with Gasteiger partial charge in [0, 0.05) is 38.4 Å². The van der Waals surface area contributed by atoms with Crippen LogP contribution in [0.5, 0.6) is 0 Å². The molecule has 208 valence electrons. The average molecular weight is 511 g/mol. The molecule has 3 nitrogen and oxygen atoms in total. The Morgan fingerprint density at radius 2 is 1.76 bits per heavy atom. The molecule has 1 aliphatic carbocycles. The number of ketones is 2. The number of carbonyl (C=O) groups is 2. The first-order valence-corrected chi connectivity index (χ1v) is 15.6. The molecular formula is C34H54O3. The molecule has 1 aromatic carbocycles. The highest BCUT2D eigenvalue weighted by Crippen LogP contribution is 2.43. The molecule has 2 fully saturated rings. The number of rotatable bonds is 15. The van der Waals surface area contributed by atoms with Gasteiger partial charge < -0.3 is 4.74 Å². The second-order valence-electron chi connectivity index (χ2n) is 12.4. The molecule has 1 aromatic rings. The van der Waals surface area contributed by atoms with Gasteiger partial charge in [0.25, 0.3) is 0 Å². The van der Waals surface area contributed by atoms with Crippen molar-refractivity contribution in [3.63, 3.8) is 0 Å². The monoisotopic (exact) mass is 510 g/mol. The number of hydrogen-bond acceptors (Lipinski definition) is 3. The van der Waals surface area contributed by atoms with Crippen LogP contribution in [0.1, 0.15) is 133 Å². The lowest BCUT2D eigenvalue weighted by atomic mass is 9.69. The molecule has 3 heteroatoms. The Morgan fingerprint density at radius 3 is 2.43 bits per heavy atom. The molecule has 5 unspecified atom stereocenters. The predicted octanol–water partition coefficient (Wildman–Crippen LogP) is 8.93. The van der Waals surface area contributed by atoms with Gasteiger partial charge in [0.2, 0.25) is 0 Å². The van der Waals surface area contributed by atoms with E-state index in [2.05, 4.69) is 39.0 Å². The molecule has 5 atom stereocenters. The first-order chi connectivity index (χ1) is 17.9. The van der Waals surface area contributed by atoms with Crippen molar-refractivity contribution in [2.24, 2.45) is 23.7 Å². The number of ether oxygens (including phenoxy) is 1. The summed E-state index contributed by atoms with van der Waals surface area (Å²) in [5, 5.41) is 0. The number of carbonyl (C=O) groups excluding carboxylic acids is 2. The summed E-state index contributed by atoms with van der Waals surface area (Å²) < 4.78 is 5.74. The van der Waals surface area contributed by atoms with Crippen molar-refractivity contribution in [3.8, 4) is 0 Å². The summed E-state index contributed by atoms with van der Waals surface area (Å²) >= 11 is 0. The maximum Gasteiger partial charge on any atom is 0.136 e. The van der Waals surface area contributed by atoms with Crippen LogP contribution in [0.25, 0.3) is 0 Å². The fraction of sp³-hybridized carbons (Fsp3) is 0.765. The van der Waals surface area contributed by atoms with Crippen LogP contribution in [0.4, 0.5) is 0 Å². The number of hydrogen-bond donors (Lipinski definition) is 0. The minimum Gasteiger partial charge on any atom is -0.381 e. The lowest BCUT2D eigenvalue weighted by molar-refractivity contribution is -0.125. The van der Waals surface area contributed by atoms with E-state index in [1.165, 1.54) is 48.8 Å². The average Bonchev–Trinajstić information content (AvgIpc) is 2.88. The zero-order valence-corrected chi connectivity index (χ0v) is 24.4. The van der Waals surface area contributed by atoms with Crippen LogP contribution >= 0.6 is 0 Å². The van der Waals surface area contributed by atoms with Crippen LogP contribution in [0, 0.1) is 37.5 Å². The second kappa shape index (κ2) is 15.8. The third kappa shape index (κ3) is 9.97. The van der Waals surface area contributed by atoms with E-state index in [4.69, 9.17) is 4.74 Å². The van der Waals surface area contributed by atoms with E-state index in [1.54, 1.807) is 0 Å². The molecule has 1 saturated heterocycles. The third-order valence-corrected chi connectivity index (χ3v) is 9.13. The molecule has 0 amide bonds. The van der Waals surface area contributed by atoms with Gasteiger partial charge in [0.05, 0.1) is 0 Å². The van der Waals surface area contributed by atoms with Gasteiger partial charge in [-0.2, -0.15) is 0 Å². The van der Waals surface area contributed by atoms with Crippen molar-refractivity contribution in [2.75, 3.05) is 13.2 Å². The topological polar surface area (TPSA) is 43.4 Å². The van der Waals surface area contributed by atoms with Crippen molar-refractivity contribution in [3.05, 3.63) is 34.9 Å². The minimum absolute atomic E-state index is 0.232. The maximum absolute atomic E-state index is 13.6. The molecule has 2 aliphatic rings. The van der Waals surface area contributed by atoms with Gasteiger partial charge in [-0.05, 0) is 94.4 Å². The second-order valence-corrected chi connectivity index (χ2v) is 12.4. The molecule has 0 radical (unpaired) electrons. The Morgan fingerprint density at radius 1 is 0.973 bits per heavy atom. The van der Waals surface area contributed by atoms with Crippen molar-refractivity contribution >= 4 is 11.6 Å². The molecule has 1 saturated carbocycles. The van der Waals surface area contributed by atoms with Crippen LogP contribution in [0.3, 0.4) is 0 Å². The molecule has 1 aliphatic heterocycles. The summed E-state index contributed by atoms with van der Waals surface area (Å²) in [5.74, 6) is 3.39. The maximum atomic E-state index is 13.6. The van der Waals surface area contributed by atoms with Crippen LogP contribution < -0.4 is 0 Å². The fourth-order valence-electron chi connectivity index (χ4n) is 7.27. The Hall–Kier alpha value is -1.48. The Balaban J connectivity index is 1.65. The van der Waals surface area contributed by atoms with Crippen molar-refractivity contribution in [1.29, 1.82) is 0 Å². The highest BCUT2D eigenvalue weighted by atomic mass is 16.5. The SMILES string of the molecule is CCCC(CC(=O)C1CCCC(C(CCCCC(=O)CC)c2cc(C)cc(C)c2)C1)CC1CCCOC1. The molecule has 0 bridgehead atoms. The molecule has 0 N–H and O–H groups in total. The molecule has 0 spiro atoms. The van der Waals surface area contributed by atoms with Crippen LogP contribution in [-0.4, -0.2) is 24.8 Å². The van der Waals surface area contributed by atoms with E-state index < -0.39 is 0 Å². The smallest absolute Gasteiger partial charge is 0.136 e. The standard InChI is InChI=1S/C34H54O3/c1-5-11-27(21-28-12-10-17-37-24-28)22-34(36)30-14-9-13-29(23-30)33(16-8-7-15-32(35)6-2)31-19-25(3)18-26(4)20-31/h18-20,27-30,33H,5-17,21-24H2,1-4H3. The van der Waals surface area contributed by atoms with Gasteiger partial charge in [-0.3, -0.25) is 9.59 Å². The Bertz CT molecular complexity index is 817. The van der Waals surface area contributed by atoms with Gasteiger partial charge in [0.1, 0.15) is 11.6 Å². The fourth-order valence-corrected chi connectivity index (χ4v) is 7.27. The van der Waals surface area contributed by atoms with Gasteiger partial charge in [-0.1, -0.05) is 68.9 Å². The summed E-state index contributed by atoms with van der Waals surface area (Å²) in [5.41, 5.74) is 4.12. The summed E-state index contributed by atoms with van der Waals surface area (Å²) in [4.78, 5) is 25.5. The largest absolute Gasteiger partial charge is 0.381 e. The molecule has 1 heterocycles.